The zero-order valence-electron chi connectivity index (χ0n) is 8.53. The predicted octanol–water partition coefficient (Wildman–Crippen LogP) is 0.377. The molecule has 0 bridgehead atoms. The van der Waals surface area contributed by atoms with Crippen molar-refractivity contribution < 1.29 is 67.1 Å². The number of rotatable bonds is 1. The quantitative estimate of drug-likeness (QED) is 0.614. The van der Waals surface area contributed by atoms with Gasteiger partial charge < -0.3 is 15.3 Å². The molecule has 0 rings (SSSR count). The van der Waals surface area contributed by atoms with E-state index >= 15 is 0 Å². The summed E-state index contributed by atoms with van der Waals surface area (Å²) in [6.45, 7) is 5.69. The van der Waals surface area contributed by atoms with E-state index in [4.69, 9.17) is 15.3 Å². The standard InChI is InChI=1S/2C3H8O.CH4O.2Cr.Mn/c1-3(2)4;1-2-3-4;1-2;;;/h3-4H,1-2H3;4H,2-3H2,1H3;2H,1H3;;;. The Kier molecular flexibility index (Phi) is 141. The summed E-state index contributed by atoms with van der Waals surface area (Å²) in [4.78, 5) is 0. The maximum Gasteiger partial charge on any atom is 0.0483 e. The summed E-state index contributed by atoms with van der Waals surface area (Å²) < 4.78 is 0. The molecule has 0 aliphatic carbocycles. The van der Waals surface area contributed by atoms with E-state index in [1.54, 1.807) is 13.8 Å². The minimum absolute atomic E-state index is 0. The van der Waals surface area contributed by atoms with Crippen LogP contribution in [0.3, 0.4) is 0 Å². The van der Waals surface area contributed by atoms with Crippen LogP contribution in [-0.4, -0.2) is 35.1 Å². The summed E-state index contributed by atoms with van der Waals surface area (Å²) in [6.07, 6.45) is 0.708. The molecule has 0 aromatic carbocycles. The molecular weight excluding hydrogens is 291 g/mol. The van der Waals surface area contributed by atoms with E-state index in [1.165, 1.54) is 0 Å². The first-order valence-corrected chi connectivity index (χ1v) is 3.38. The maximum absolute atomic E-state index is 8.06. The fourth-order valence-corrected chi connectivity index (χ4v) is 0. The van der Waals surface area contributed by atoms with Gasteiger partial charge in [-0.1, -0.05) is 6.92 Å². The van der Waals surface area contributed by atoms with E-state index in [-0.39, 0.29) is 57.9 Å². The van der Waals surface area contributed by atoms with Crippen molar-refractivity contribution in [3.8, 4) is 0 Å². The fraction of sp³-hybridized carbons (Fsp3) is 1.00. The molecule has 0 saturated heterocycles. The third-order valence-electron chi connectivity index (χ3n) is 0.224. The van der Waals surface area contributed by atoms with Gasteiger partial charge in [0.25, 0.3) is 0 Å². The minimum atomic E-state index is -0.167. The molecule has 85 valence electrons. The van der Waals surface area contributed by atoms with Crippen molar-refractivity contribution in [3.05, 3.63) is 0 Å². The van der Waals surface area contributed by atoms with Crippen LogP contribution >= 0.6 is 0 Å². The zero-order valence-corrected chi connectivity index (χ0v) is 12.3. The van der Waals surface area contributed by atoms with E-state index in [0.29, 0.717) is 6.61 Å². The number of hydrogen-bond donors (Lipinski definition) is 3. The van der Waals surface area contributed by atoms with Crippen LogP contribution in [0.15, 0.2) is 0 Å². The van der Waals surface area contributed by atoms with Gasteiger partial charge in [-0.25, -0.2) is 0 Å². The topological polar surface area (TPSA) is 60.7 Å². The Bertz CT molecular complexity index is 38.2. The van der Waals surface area contributed by atoms with E-state index in [1.807, 2.05) is 6.92 Å². The summed E-state index contributed by atoms with van der Waals surface area (Å²) in [7, 11) is 1.00. The normalized spacial score (nSPS) is 5.54. The SMILES string of the molecule is CC(C)O.CCCO.CO.[Cr].[Cr].[Mn]. The Hall–Kier alpha value is 1.46. The van der Waals surface area contributed by atoms with Crippen LogP contribution in [0.2, 0.25) is 0 Å². The molecule has 6 heteroatoms. The maximum atomic E-state index is 8.06. The Morgan fingerprint density at radius 1 is 1.08 bits per heavy atom. The molecule has 3 N–H and O–H groups in total. The molecule has 0 aliphatic rings. The first-order chi connectivity index (χ1) is 4.65. The Morgan fingerprint density at radius 2 is 1.15 bits per heavy atom. The van der Waals surface area contributed by atoms with Crippen molar-refractivity contribution in [2.45, 2.75) is 33.3 Å². The number of hydrogen-bond acceptors (Lipinski definition) is 3. The Morgan fingerprint density at radius 3 is 1.15 bits per heavy atom. The van der Waals surface area contributed by atoms with Gasteiger partial charge in [0.15, 0.2) is 0 Å². The van der Waals surface area contributed by atoms with Gasteiger partial charge in [-0.15, -0.1) is 0 Å². The molecule has 3 nitrogen and oxygen atoms in total. The molecule has 0 saturated carbocycles. The van der Waals surface area contributed by atoms with Crippen LogP contribution in [-0.2, 0) is 51.8 Å². The van der Waals surface area contributed by atoms with Crippen molar-refractivity contribution >= 4 is 0 Å². The van der Waals surface area contributed by atoms with Gasteiger partial charge in [-0.05, 0) is 20.3 Å². The number of aliphatic hydroxyl groups excluding tert-OH is 3. The van der Waals surface area contributed by atoms with E-state index in [2.05, 4.69) is 0 Å². The fourth-order valence-electron chi connectivity index (χ4n) is 0. The third-order valence-corrected chi connectivity index (χ3v) is 0.224. The summed E-state index contributed by atoms with van der Waals surface area (Å²) in [5, 5.41) is 22.9. The first kappa shape index (κ1) is 36.6. The van der Waals surface area contributed by atoms with Crippen molar-refractivity contribution in [1.29, 1.82) is 0 Å². The summed E-state index contributed by atoms with van der Waals surface area (Å²) in [6, 6.07) is 0. The number of aliphatic hydroxyl groups is 3. The van der Waals surface area contributed by atoms with Crippen molar-refractivity contribution in [2.24, 2.45) is 0 Å². The molecule has 0 aromatic rings. The van der Waals surface area contributed by atoms with Gasteiger partial charge in [0.1, 0.15) is 0 Å². The van der Waals surface area contributed by atoms with E-state index in [9.17, 15) is 0 Å². The summed E-state index contributed by atoms with van der Waals surface area (Å²) in [5.74, 6) is 0. The molecule has 0 amide bonds. The van der Waals surface area contributed by atoms with Crippen LogP contribution in [0.5, 0.6) is 0 Å². The van der Waals surface area contributed by atoms with Gasteiger partial charge in [0.05, 0.1) is 0 Å². The second kappa shape index (κ2) is 50.1. The van der Waals surface area contributed by atoms with Crippen LogP contribution < -0.4 is 0 Å². The van der Waals surface area contributed by atoms with Crippen LogP contribution in [0.1, 0.15) is 27.2 Å². The molecule has 13 heavy (non-hydrogen) atoms. The van der Waals surface area contributed by atoms with Gasteiger partial charge >= 0.3 is 0 Å². The molecule has 0 spiro atoms. The molecule has 0 aliphatic heterocycles. The van der Waals surface area contributed by atoms with Crippen LogP contribution in [0.25, 0.3) is 0 Å². The minimum Gasteiger partial charge on any atom is -0.400 e. The van der Waals surface area contributed by atoms with Gasteiger partial charge in [0.2, 0.25) is 0 Å². The Labute approximate surface area is 114 Å². The molecule has 0 atom stereocenters. The predicted molar refractivity (Wildman–Crippen MR) is 42.9 cm³/mol. The molecule has 0 aromatic heterocycles. The Balaban J connectivity index is -0.0000000133. The van der Waals surface area contributed by atoms with Crippen molar-refractivity contribution in [1.82, 2.24) is 0 Å². The van der Waals surface area contributed by atoms with Crippen LogP contribution in [0, 0.1) is 0 Å². The molecule has 0 unspecified atom stereocenters. The second-order valence-corrected chi connectivity index (χ2v) is 1.82. The smallest absolute Gasteiger partial charge is 0.0483 e. The average Bonchev–Trinajstić information content (AvgIpc) is 1.91. The molecule has 0 heterocycles. The van der Waals surface area contributed by atoms with Gasteiger partial charge in [-0.3, -0.25) is 0 Å². The summed E-state index contributed by atoms with van der Waals surface area (Å²) in [5.41, 5.74) is 0. The molecule has 1 radical (unpaired) electrons. The van der Waals surface area contributed by atoms with Gasteiger partial charge in [0, 0.05) is 71.6 Å². The van der Waals surface area contributed by atoms with Crippen molar-refractivity contribution in [3.63, 3.8) is 0 Å². The average molecular weight is 311 g/mol. The monoisotopic (exact) mass is 311 g/mol. The third kappa shape index (κ3) is 291. The van der Waals surface area contributed by atoms with Crippen molar-refractivity contribution in [2.75, 3.05) is 13.7 Å². The second-order valence-electron chi connectivity index (χ2n) is 1.82. The van der Waals surface area contributed by atoms with Crippen LogP contribution in [0.4, 0.5) is 0 Å². The molecular formula is C7H20Cr2MnO3. The van der Waals surface area contributed by atoms with E-state index in [0.717, 1.165) is 13.5 Å². The largest absolute Gasteiger partial charge is 0.400 e. The summed E-state index contributed by atoms with van der Waals surface area (Å²) >= 11 is 0. The first-order valence-electron chi connectivity index (χ1n) is 3.38. The van der Waals surface area contributed by atoms with Gasteiger partial charge in [-0.2, -0.15) is 0 Å². The van der Waals surface area contributed by atoms with E-state index < -0.39 is 0 Å². The zero-order chi connectivity index (χ0) is 8.99. The molecule has 0 fully saturated rings.